The van der Waals surface area contributed by atoms with Crippen LogP contribution >= 0.6 is 11.6 Å². The van der Waals surface area contributed by atoms with E-state index in [1.165, 1.54) is 18.0 Å². The Balaban J connectivity index is 2.43. The molecular weight excluding hydrogens is 276 g/mol. The molecule has 0 aliphatic carbocycles. The lowest BCUT2D eigenvalue weighted by Gasteiger charge is -2.15. The second-order valence-electron chi connectivity index (χ2n) is 4.19. The van der Waals surface area contributed by atoms with Crippen LogP contribution in [0.2, 0.25) is 5.02 Å². The molecular formula is C12H16ClF2N3O. The first kappa shape index (κ1) is 15.7. The van der Waals surface area contributed by atoms with Gasteiger partial charge in [-0.05, 0) is 25.2 Å². The van der Waals surface area contributed by atoms with Gasteiger partial charge in [0.1, 0.15) is 0 Å². The zero-order chi connectivity index (χ0) is 14.4. The smallest absolute Gasteiger partial charge is 0.251 e. The molecule has 106 valence electrons. The summed E-state index contributed by atoms with van der Waals surface area (Å²) in [6, 6.07) is 4.74. The molecule has 0 saturated heterocycles. The van der Waals surface area contributed by atoms with Crippen molar-refractivity contribution in [3.05, 3.63) is 23.2 Å². The Morgan fingerprint density at radius 2 is 2.21 bits per heavy atom. The molecule has 19 heavy (non-hydrogen) atoms. The van der Waals surface area contributed by atoms with Crippen molar-refractivity contribution >= 4 is 28.9 Å². The van der Waals surface area contributed by atoms with E-state index >= 15 is 0 Å². The number of halogens is 3. The number of anilines is 2. The summed E-state index contributed by atoms with van der Waals surface area (Å²) in [5.74, 6) is -0.284. The van der Waals surface area contributed by atoms with Gasteiger partial charge in [0.25, 0.3) is 6.43 Å². The Bertz CT molecular complexity index is 443. The third-order valence-corrected chi connectivity index (χ3v) is 2.75. The highest BCUT2D eigenvalue weighted by atomic mass is 35.5. The highest BCUT2D eigenvalue weighted by Crippen LogP contribution is 2.24. The first-order chi connectivity index (χ1) is 8.88. The Morgan fingerprint density at radius 1 is 1.53 bits per heavy atom. The van der Waals surface area contributed by atoms with Crippen molar-refractivity contribution in [1.29, 1.82) is 0 Å². The Morgan fingerprint density at radius 3 is 2.79 bits per heavy atom. The van der Waals surface area contributed by atoms with Gasteiger partial charge in [-0.25, -0.2) is 8.78 Å². The number of nitrogens with zero attached hydrogens (tertiary/aromatic N) is 1. The van der Waals surface area contributed by atoms with E-state index in [-0.39, 0.29) is 25.4 Å². The van der Waals surface area contributed by atoms with Gasteiger partial charge in [-0.3, -0.25) is 4.79 Å². The van der Waals surface area contributed by atoms with Gasteiger partial charge in [0, 0.05) is 18.7 Å². The fourth-order valence-corrected chi connectivity index (χ4v) is 1.70. The number of carbonyl (C=O) groups is 1. The van der Waals surface area contributed by atoms with Crippen LogP contribution < -0.4 is 11.1 Å². The average Bonchev–Trinajstić information content (AvgIpc) is 2.29. The molecule has 0 unspecified atom stereocenters. The van der Waals surface area contributed by atoms with Crippen molar-refractivity contribution in [2.45, 2.75) is 12.8 Å². The third kappa shape index (κ3) is 5.85. The van der Waals surface area contributed by atoms with Gasteiger partial charge >= 0.3 is 0 Å². The van der Waals surface area contributed by atoms with E-state index in [2.05, 4.69) is 5.32 Å². The second kappa shape index (κ2) is 7.25. The summed E-state index contributed by atoms with van der Waals surface area (Å²) in [7, 11) is 1.54. The first-order valence-corrected chi connectivity index (χ1v) is 6.08. The van der Waals surface area contributed by atoms with Crippen molar-refractivity contribution in [3.8, 4) is 0 Å². The van der Waals surface area contributed by atoms with Crippen molar-refractivity contribution in [1.82, 2.24) is 4.90 Å². The monoisotopic (exact) mass is 291 g/mol. The molecule has 0 atom stereocenters. The highest BCUT2D eigenvalue weighted by molar-refractivity contribution is 6.34. The molecule has 0 radical (unpaired) electrons. The Kier molecular flexibility index (Phi) is 5.98. The molecule has 4 nitrogen and oxygen atoms in total. The minimum Gasteiger partial charge on any atom is -0.399 e. The summed E-state index contributed by atoms with van der Waals surface area (Å²) < 4.78 is 24.2. The normalized spacial score (nSPS) is 11.1. The van der Waals surface area contributed by atoms with E-state index < -0.39 is 6.43 Å². The minimum atomic E-state index is -2.40. The van der Waals surface area contributed by atoms with Crippen molar-refractivity contribution in [2.24, 2.45) is 0 Å². The van der Waals surface area contributed by atoms with Gasteiger partial charge in [0.2, 0.25) is 5.91 Å². The molecule has 0 aromatic heterocycles. The number of amides is 1. The molecule has 3 N–H and O–H groups in total. The molecule has 0 aliphatic heterocycles. The van der Waals surface area contributed by atoms with Crippen LogP contribution in [-0.2, 0) is 4.79 Å². The molecule has 0 fully saturated rings. The van der Waals surface area contributed by atoms with Crippen LogP contribution in [0.3, 0.4) is 0 Å². The van der Waals surface area contributed by atoms with E-state index in [1.807, 2.05) is 0 Å². The average molecular weight is 292 g/mol. The molecule has 0 bridgehead atoms. The second-order valence-corrected chi connectivity index (χ2v) is 4.60. The summed E-state index contributed by atoms with van der Waals surface area (Å²) in [5.41, 5.74) is 6.48. The molecule has 7 heteroatoms. The van der Waals surface area contributed by atoms with E-state index in [1.54, 1.807) is 12.1 Å². The van der Waals surface area contributed by atoms with Gasteiger partial charge in [-0.1, -0.05) is 11.6 Å². The fraction of sp³-hybridized carbons (Fsp3) is 0.417. The lowest BCUT2D eigenvalue weighted by atomic mass is 10.2. The van der Waals surface area contributed by atoms with E-state index in [4.69, 9.17) is 17.3 Å². The molecule has 0 heterocycles. The van der Waals surface area contributed by atoms with Crippen LogP contribution in [0.4, 0.5) is 20.2 Å². The molecule has 0 aliphatic rings. The van der Waals surface area contributed by atoms with Gasteiger partial charge in [-0.2, -0.15) is 0 Å². The van der Waals surface area contributed by atoms with Crippen molar-refractivity contribution < 1.29 is 13.6 Å². The van der Waals surface area contributed by atoms with Crippen LogP contribution in [-0.4, -0.2) is 37.4 Å². The van der Waals surface area contributed by atoms with Crippen LogP contribution in [0.5, 0.6) is 0 Å². The maximum absolute atomic E-state index is 12.1. The van der Waals surface area contributed by atoms with Crippen LogP contribution in [0, 0.1) is 0 Å². The summed E-state index contributed by atoms with van der Waals surface area (Å²) in [5, 5.41) is 2.95. The van der Waals surface area contributed by atoms with Gasteiger partial charge < -0.3 is 16.0 Å². The largest absolute Gasteiger partial charge is 0.399 e. The SMILES string of the molecule is CN(CCC(=O)Nc1ccc(N)cc1Cl)CC(F)F. The highest BCUT2D eigenvalue weighted by Gasteiger charge is 2.10. The number of hydrogen-bond donors (Lipinski definition) is 2. The number of nitrogen functional groups attached to an aromatic ring is 1. The summed E-state index contributed by atoms with van der Waals surface area (Å²) in [6.45, 7) is -0.0985. The fourth-order valence-electron chi connectivity index (χ4n) is 1.46. The zero-order valence-electron chi connectivity index (χ0n) is 10.5. The lowest BCUT2D eigenvalue weighted by molar-refractivity contribution is -0.116. The number of alkyl halides is 2. The van der Waals surface area contributed by atoms with E-state index in [9.17, 15) is 13.6 Å². The predicted octanol–water partition coefficient (Wildman–Crippen LogP) is 2.45. The predicted molar refractivity (Wildman–Crippen MR) is 72.6 cm³/mol. The Labute approximate surface area is 115 Å². The summed E-state index contributed by atoms with van der Waals surface area (Å²) in [4.78, 5) is 13.0. The van der Waals surface area contributed by atoms with E-state index in [0.29, 0.717) is 16.4 Å². The molecule has 1 amide bonds. The lowest BCUT2D eigenvalue weighted by Crippen LogP contribution is -2.28. The van der Waals surface area contributed by atoms with Gasteiger partial charge in [-0.15, -0.1) is 0 Å². The number of carbonyl (C=O) groups excluding carboxylic acids is 1. The van der Waals surface area contributed by atoms with Crippen LogP contribution in [0.1, 0.15) is 6.42 Å². The number of benzene rings is 1. The van der Waals surface area contributed by atoms with Crippen molar-refractivity contribution in [3.63, 3.8) is 0 Å². The third-order valence-electron chi connectivity index (χ3n) is 2.44. The quantitative estimate of drug-likeness (QED) is 0.792. The molecule has 0 saturated carbocycles. The first-order valence-electron chi connectivity index (χ1n) is 5.70. The summed E-state index contributed by atoms with van der Waals surface area (Å²) in [6.07, 6.45) is -2.29. The standard InChI is InChI=1S/C12H16ClF2N3O/c1-18(7-11(14)15)5-4-12(19)17-10-3-2-8(16)6-9(10)13/h2-3,6,11H,4-5,7,16H2,1H3,(H,17,19). The summed E-state index contributed by atoms with van der Waals surface area (Å²) >= 11 is 5.90. The van der Waals surface area contributed by atoms with Crippen LogP contribution in [0.15, 0.2) is 18.2 Å². The molecule has 0 spiro atoms. The molecule has 1 rings (SSSR count). The van der Waals surface area contributed by atoms with Crippen LogP contribution in [0.25, 0.3) is 0 Å². The maximum atomic E-state index is 12.1. The minimum absolute atomic E-state index is 0.115. The number of nitrogens with one attached hydrogen (secondary N) is 1. The maximum Gasteiger partial charge on any atom is 0.251 e. The number of nitrogens with two attached hydrogens (primary N) is 1. The molecule has 1 aromatic rings. The van der Waals surface area contributed by atoms with Gasteiger partial charge in [0.15, 0.2) is 0 Å². The zero-order valence-corrected chi connectivity index (χ0v) is 11.3. The Hall–Kier alpha value is -1.40. The number of hydrogen-bond acceptors (Lipinski definition) is 3. The number of rotatable bonds is 6. The van der Waals surface area contributed by atoms with E-state index in [0.717, 1.165) is 0 Å². The van der Waals surface area contributed by atoms with Gasteiger partial charge in [0.05, 0.1) is 17.3 Å². The topological polar surface area (TPSA) is 58.4 Å². The van der Waals surface area contributed by atoms with Crippen molar-refractivity contribution in [2.75, 3.05) is 31.2 Å². The molecule has 1 aromatic carbocycles.